The van der Waals surface area contributed by atoms with Crippen LogP contribution in [0, 0.1) is 0 Å². The van der Waals surface area contributed by atoms with Crippen LogP contribution in [0.5, 0.6) is 0 Å². The lowest BCUT2D eigenvalue weighted by Crippen LogP contribution is -2.31. The highest BCUT2D eigenvalue weighted by Crippen LogP contribution is 2.21. The number of aromatic nitrogens is 2. The van der Waals surface area contributed by atoms with Gasteiger partial charge in [-0.05, 0) is 49.7 Å². The summed E-state index contributed by atoms with van der Waals surface area (Å²) in [7, 11) is 0. The second kappa shape index (κ2) is 8.99. The molecule has 1 amide bonds. The Kier molecular flexibility index (Phi) is 6.22. The SMILES string of the molecule is CC(=O)Nc1ccc(Nc2ccnc(N(Cc3ccccc3)C(C)C)n2)cc1. The predicted molar refractivity (Wildman–Crippen MR) is 114 cm³/mol. The molecule has 0 fully saturated rings. The van der Waals surface area contributed by atoms with Crippen molar-refractivity contribution in [1.82, 2.24) is 9.97 Å². The van der Waals surface area contributed by atoms with E-state index in [0.29, 0.717) is 5.95 Å². The fourth-order valence-corrected chi connectivity index (χ4v) is 2.81. The van der Waals surface area contributed by atoms with Gasteiger partial charge in [0, 0.05) is 37.1 Å². The van der Waals surface area contributed by atoms with Crippen molar-refractivity contribution in [1.29, 1.82) is 0 Å². The highest BCUT2D eigenvalue weighted by Gasteiger charge is 2.14. The number of carbonyl (C=O) groups excluding carboxylic acids is 1. The van der Waals surface area contributed by atoms with Crippen molar-refractivity contribution in [3.63, 3.8) is 0 Å². The molecule has 0 unspecified atom stereocenters. The number of rotatable bonds is 7. The number of anilines is 4. The topological polar surface area (TPSA) is 70.2 Å². The third kappa shape index (κ3) is 5.30. The third-order valence-electron chi connectivity index (χ3n) is 4.20. The van der Waals surface area contributed by atoms with Crippen LogP contribution in [0.25, 0.3) is 0 Å². The Morgan fingerprint density at radius 2 is 1.68 bits per heavy atom. The van der Waals surface area contributed by atoms with Crippen molar-refractivity contribution in [3.05, 3.63) is 72.4 Å². The van der Waals surface area contributed by atoms with E-state index in [1.54, 1.807) is 6.20 Å². The van der Waals surface area contributed by atoms with Crippen LogP contribution in [0.3, 0.4) is 0 Å². The van der Waals surface area contributed by atoms with Crippen molar-refractivity contribution in [2.45, 2.75) is 33.4 Å². The maximum atomic E-state index is 11.1. The quantitative estimate of drug-likeness (QED) is 0.632. The first-order valence-corrected chi connectivity index (χ1v) is 9.29. The molecule has 6 nitrogen and oxygen atoms in total. The smallest absolute Gasteiger partial charge is 0.227 e. The number of amides is 1. The Morgan fingerprint density at radius 3 is 2.32 bits per heavy atom. The number of hydrogen-bond donors (Lipinski definition) is 2. The maximum absolute atomic E-state index is 11.1. The average Bonchev–Trinajstić information content (AvgIpc) is 2.68. The number of nitrogens with zero attached hydrogens (tertiary/aromatic N) is 3. The molecule has 3 rings (SSSR count). The highest BCUT2D eigenvalue weighted by atomic mass is 16.1. The molecule has 28 heavy (non-hydrogen) atoms. The fraction of sp³-hybridized carbons (Fsp3) is 0.227. The molecule has 0 spiro atoms. The minimum Gasteiger partial charge on any atom is -0.340 e. The molecule has 0 atom stereocenters. The predicted octanol–water partition coefficient (Wildman–Crippen LogP) is 4.59. The minimum absolute atomic E-state index is 0.0895. The van der Waals surface area contributed by atoms with E-state index in [9.17, 15) is 4.79 Å². The van der Waals surface area contributed by atoms with E-state index < -0.39 is 0 Å². The van der Waals surface area contributed by atoms with Gasteiger partial charge in [0.25, 0.3) is 0 Å². The molecular weight excluding hydrogens is 350 g/mol. The highest BCUT2D eigenvalue weighted by molar-refractivity contribution is 5.88. The Morgan fingerprint density at radius 1 is 1.00 bits per heavy atom. The lowest BCUT2D eigenvalue weighted by molar-refractivity contribution is -0.114. The lowest BCUT2D eigenvalue weighted by atomic mass is 10.2. The molecule has 6 heteroatoms. The lowest BCUT2D eigenvalue weighted by Gasteiger charge is -2.27. The van der Waals surface area contributed by atoms with Crippen molar-refractivity contribution in [2.75, 3.05) is 15.5 Å². The Hall–Kier alpha value is -3.41. The molecule has 1 aromatic heterocycles. The van der Waals surface area contributed by atoms with Crippen molar-refractivity contribution in [3.8, 4) is 0 Å². The van der Waals surface area contributed by atoms with Crippen LogP contribution >= 0.6 is 0 Å². The third-order valence-corrected chi connectivity index (χ3v) is 4.20. The molecule has 0 aliphatic carbocycles. The number of carbonyl (C=O) groups is 1. The Balaban J connectivity index is 1.75. The zero-order valence-corrected chi connectivity index (χ0v) is 16.4. The molecule has 2 aromatic carbocycles. The van der Waals surface area contributed by atoms with Crippen LogP contribution in [0.1, 0.15) is 26.3 Å². The van der Waals surface area contributed by atoms with E-state index in [-0.39, 0.29) is 11.9 Å². The monoisotopic (exact) mass is 375 g/mol. The van der Waals surface area contributed by atoms with E-state index in [0.717, 1.165) is 23.7 Å². The van der Waals surface area contributed by atoms with E-state index >= 15 is 0 Å². The van der Waals surface area contributed by atoms with Gasteiger partial charge in [-0.3, -0.25) is 4.79 Å². The summed E-state index contributed by atoms with van der Waals surface area (Å²) in [6.07, 6.45) is 1.76. The first-order valence-electron chi connectivity index (χ1n) is 9.29. The summed E-state index contributed by atoms with van der Waals surface area (Å²) in [5.41, 5.74) is 2.86. The van der Waals surface area contributed by atoms with Gasteiger partial charge in [0.1, 0.15) is 5.82 Å². The van der Waals surface area contributed by atoms with Crippen LogP contribution in [-0.2, 0) is 11.3 Å². The summed E-state index contributed by atoms with van der Waals surface area (Å²) in [6, 6.07) is 19.9. The van der Waals surface area contributed by atoms with E-state index in [2.05, 4.69) is 46.5 Å². The van der Waals surface area contributed by atoms with Gasteiger partial charge in [-0.1, -0.05) is 30.3 Å². The van der Waals surface area contributed by atoms with Crippen LogP contribution in [0.15, 0.2) is 66.9 Å². The first-order chi connectivity index (χ1) is 13.5. The average molecular weight is 375 g/mol. The summed E-state index contributed by atoms with van der Waals surface area (Å²) in [6.45, 7) is 6.50. The number of benzene rings is 2. The van der Waals surface area contributed by atoms with E-state index in [4.69, 9.17) is 4.98 Å². The van der Waals surface area contributed by atoms with Gasteiger partial charge in [0.15, 0.2) is 0 Å². The molecule has 0 aliphatic rings. The molecule has 0 saturated heterocycles. The van der Waals surface area contributed by atoms with Gasteiger partial charge < -0.3 is 15.5 Å². The number of nitrogens with one attached hydrogen (secondary N) is 2. The van der Waals surface area contributed by atoms with Gasteiger partial charge in [-0.25, -0.2) is 4.98 Å². The molecule has 2 N–H and O–H groups in total. The molecule has 0 bridgehead atoms. The molecule has 0 saturated carbocycles. The van der Waals surface area contributed by atoms with Crippen LogP contribution in [0.4, 0.5) is 23.1 Å². The first kappa shape index (κ1) is 19.4. The van der Waals surface area contributed by atoms with Crippen LogP contribution in [0.2, 0.25) is 0 Å². The summed E-state index contributed by atoms with van der Waals surface area (Å²) < 4.78 is 0. The van der Waals surface area contributed by atoms with Crippen LogP contribution in [-0.4, -0.2) is 21.9 Å². The normalized spacial score (nSPS) is 10.6. The van der Waals surface area contributed by atoms with E-state index in [1.807, 2.05) is 48.5 Å². The van der Waals surface area contributed by atoms with Gasteiger partial charge in [0.2, 0.25) is 11.9 Å². The summed E-state index contributed by atoms with van der Waals surface area (Å²) in [4.78, 5) is 22.5. The van der Waals surface area contributed by atoms with Crippen molar-refractivity contribution in [2.24, 2.45) is 0 Å². The standard InChI is InChI=1S/C22H25N5O/c1-16(2)27(15-18-7-5-4-6-8-18)22-23-14-13-21(26-22)25-20-11-9-19(10-12-20)24-17(3)28/h4-14,16H,15H2,1-3H3,(H,24,28)(H,23,25,26). The summed E-state index contributed by atoms with van der Waals surface area (Å²) >= 11 is 0. The van der Waals surface area contributed by atoms with Crippen LogP contribution < -0.4 is 15.5 Å². The van der Waals surface area contributed by atoms with Crippen molar-refractivity contribution >= 4 is 29.0 Å². The zero-order valence-electron chi connectivity index (χ0n) is 16.4. The second-order valence-corrected chi connectivity index (χ2v) is 6.83. The van der Waals surface area contributed by atoms with Gasteiger partial charge >= 0.3 is 0 Å². The summed E-state index contributed by atoms with van der Waals surface area (Å²) in [5.74, 6) is 1.31. The van der Waals surface area contributed by atoms with E-state index in [1.165, 1.54) is 12.5 Å². The fourth-order valence-electron chi connectivity index (χ4n) is 2.81. The molecular formula is C22H25N5O. The Bertz CT molecular complexity index is 910. The van der Waals surface area contributed by atoms with Gasteiger partial charge in [0.05, 0.1) is 0 Å². The molecule has 0 aliphatic heterocycles. The second-order valence-electron chi connectivity index (χ2n) is 6.83. The van der Waals surface area contributed by atoms with Crippen molar-refractivity contribution < 1.29 is 4.79 Å². The van der Waals surface area contributed by atoms with Gasteiger partial charge in [-0.15, -0.1) is 0 Å². The largest absolute Gasteiger partial charge is 0.340 e. The minimum atomic E-state index is -0.0895. The number of hydrogen-bond acceptors (Lipinski definition) is 5. The summed E-state index contributed by atoms with van der Waals surface area (Å²) in [5, 5.41) is 6.05. The zero-order chi connectivity index (χ0) is 19.9. The maximum Gasteiger partial charge on any atom is 0.227 e. The van der Waals surface area contributed by atoms with Gasteiger partial charge in [-0.2, -0.15) is 4.98 Å². The molecule has 0 radical (unpaired) electrons. The molecule has 3 aromatic rings. The Labute approximate surface area is 165 Å². The molecule has 144 valence electrons. The molecule has 1 heterocycles.